The van der Waals surface area contributed by atoms with Crippen molar-refractivity contribution in [3.05, 3.63) is 0 Å². The van der Waals surface area contributed by atoms with Gasteiger partial charge in [-0.3, -0.25) is 19.2 Å². The van der Waals surface area contributed by atoms with E-state index in [-0.39, 0.29) is 31.1 Å². The van der Waals surface area contributed by atoms with Gasteiger partial charge in [0.05, 0.1) is 6.04 Å². The fraction of sp³-hybridized carbons (Fsp3) is 0.737. The van der Waals surface area contributed by atoms with E-state index in [0.717, 1.165) is 0 Å². The Labute approximate surface area is 187 Å². The highest BCUT2D eigenvalue weighted by Crippen LogP contribution is 2.19. The summed E-state index contributed by atoms with van der Waals surface area (Å²) in [6.45, 7) is 3.94. The van der Waals surface area contributed by atoms with Crippen LogP contribution < -0.4 is 22.1 Å². The van der Waals surface area contributed by atoms with Gasteiger partial charge in [0, 0.05) is 18.7 Å². The van der Waals surface area contributed by atoms with Gasteiger partial charge in [-0.15, -0.1) is 0 Å². The molecular formula is C19H33N5O6S. The molecule has 0 aromatic carbocycles. The Hall–Kier alpha value is -2.34. The van der Waals surface area contributed by atoms with Gasteiger partial charge in [0.1, 0.15) is 18.1 Å². The van der Waals surface area contributed by atoms with Crippen LogP contribution in [0.1, 0.15) is 46.0 Å². The summed E-state index contributed by atoms with van der Waals surface area (Å²) in [4.78, 5) is 61.8. The van der Waals surface area contributed by atoms with Gasteiger partial charge in [-0.1, -0.05) is 20.3 Å². The molecule has 0 saturated carbocycles. The summed E-state index contributed by atoms with van der Waals surface area (Å²) in [5.74, 6) is -3.79. The molecule has 5 atom stereocenters. The Kier molecular flexibility index (Phi) is 10.8. The number of carboxylic acid groups (broad SMARTS) is 1. The molecule has 1 fully saturated rings. The fourth-order valence-electron chi connectivity index (χ4n) is 3.28. The van der Waals surface area contributed by atoms with Gasteiger partial charge in [0.15, 0.2) is 0 Å². The molecule has 1 rings (SSSR count). The van der Waals surface area contributed by atoms with Crippen molar-refractivity contribution in [2.75, 3.05) is 12.3 Å². The van der Waals surface area contributed by atoms with Gasteiger partial charge >= 0.3 is 5.97 Å². The molecule has 0 aromatic rings. The number of hydrogen-bond donors (Lipinski definition) is 6. The number of primary amides is 1. The maximum absolute atomic E-state index is 12.8. The number of rotatable bonds is 12. The summed E-state index contributed by atoms with van der Waals surface area (Å²) in [5, 5.41) is 14.3. The molecule has 0 spiro atoms. The summed E-state index contributed by atoms with van der Waals surface area (Å²) < 4.78 is 0. The SMILES string of the molecule is CCC(C)C(N)C(=O)NC(CCC(N)=O)C(=O)NC(CS)C(=O)N1CCCC1C(=O)O. The van der Waals surface area contributed by atoms with Crippen molar-refractivity contribution in [3.63, 3.8) is 0 Å². The second kappa shape index (κ2) is 12.5. The molecule has 1 saturated heterocycles. The highest BCUT2D eigenvalue weighted by molar-refractivity contribution is 7.80. The Bertz CT molecular complexity index is 691. The van der Waals surface area contributed by atoms with Gasteiger partial charge in [0.25, 0.3) is 0 Å². The lowest BCUT2D eigenvalue weighted by Gasteiger charge is -2.28. The van der Waals surface area contributed by atoms with Crippen LogP contribution in [0.5, 0.6) is 0 Å². The van der Waals surface area contributed by atoms with Gasteiger partial charge in [-0.2, -0.15) is 12.6 Å². The first-order chi connectivity index (χ1) is 14.5. The molecule has 0 radical (unpaired) electrons. The molecule has 31 heavy (non-hydrogen) atoms. The molecule has 7 N–H and O–H groups in total. The number of carboxylic acids is 1. The molecule has 0 aromatic heterocycles. The maximum Gasteiger partial charge on any atom is 0.326 e. The molecule has 0 aliphatic carbocycles. The number of carbonyl (C=O) groups excluding carboxylic acids is 4. The number of thiol groups is 1. The lowest BCUT2D eigenvalue weighted by Crippen LogP contribution is -2.58. The van der Waals surface area contributed by atoms with E-state index < -0.39 is 53.8 Å². The first kappa shape index (κ1) is 26.7. The molecule has 0 bridgehead atoms. The quantitative estimate of drug-likeness (QED) is 0.194. The van der Waals surface area contributed by atoms with Gasteiger partial charge in [0.2, 0.25) is 23.6 Å². The van der Waals surface area contributed by atoms with Crippen molar-refractivity contribution in [1.82, 2.24) is 15.5 Å². The van der Waals surface area contributed by atoms with Crippen molar-refractivity contribution in [1.29, 1.82) is 0 Å². The average molecular weight is 460 g/mol. The smallest absolute Gasteiger partial charge is 0.326 e. The lowest BCUT2D eigenvalue weighted by atomic mass is 9.98. The minimum absolute atomic E-state index is 0.0731. The second-order valence-corrected chi connectivity index (χ2v) is 8.11. The van der Waals surface area contributed by atoms with Crippen LogP contribution in [0.15, 0.2) is 0 Å². The highest BCUT2D eigenvalue weighted by Gasteiger charge is 2.38. The zero-order chi connectivity index (χ0) is 23.7. The summed E-state index contributed by atoms with van der Waals surface area (Å²) in [5.41, 5.74) is 11.1. The maximum atomic E-state index is 12.8. The van der Waals surface area contributed by atoms with E-state index in [1.54, 1.807) is 6.92 Å². The van der Waals surface area contributed by atoms with E-state index in [1.807, 2.05) is 6.92 Å². The number of amides is 4. The Morgan fingerprint density at radius 3 is 2.29 bits per heavy atom. The van der Waals surface area contributed by atoms with Crippen LogP contribution in [0, 0.1) is 5.92 Å². The number of nitrogens with one attached hydrogen (secondary N) is 2. The second-order valence-electron chi connectivity index (χ2n) is 7.75. The standard InChI is InChI=1S/C19H33N5O6S/c1-3-10(2)15(21)17(27)22-11(6-7-14(20)25)16(26)23-12(9-31)18(28)24-8-4-5-13(24)19(29)30/h10-13,15,31H,3-9,21H2,1-2H3,(H2,20,25)(H,22,27)(H,23,26)(H,29,30). The summed E-state index contributed by atoms with van der Waals surface area (Å²) >= 11 is 4.11. The van der Waals surface area contributed by atoms with Crippen molar-refractivity contribution < 1.29 is 29.1 Å². The fourth-order valence-corrected chi connectivity index (χ4v) is 3.53. The predicted octanol–water partition coefficient (Wildman–Crippen LogP) is -1.40. The molecule has 4 amide bonds. The van der Waals surface area contributed by atoms with Crippen LogP contribution in [-0.4, -0.2) is 76.1 Å². The first-order valence-corrected chi connectivity index (χ1v) is 10.9. The van der Waals surface area contributed by atoms with Gasteiger partial charge in [-0.05, 0) is 25.2 Å². The average Bonchev–Trinajstić information content (AvgIpc) is 3.22. The van der Waals surface area contributed by atoms with Crippen molar-refractivity contribution in [2.45, 2.75) is 70.1 Å². The largest absolute Gasteiger partial charge is 0.480 e. The Morgan fingerprint density at radius 2 is 1.77 bits per heavy atom. The third-order valence-corrected chi connectivity index (χ3v) is 5.86. The number of likely N-dealkylation sites (tertiary alicyclic amines) is 1. The molecular weight excluding hydrogens is 426 g/mol. The Balaban J connectivity index is 2.91. The van der Waals surface area contributed by atoms with Crippen LogP contribution in [0.3, 0.4) is 0 Å². The van der Waals surface area contributed by atoms with Crippen LogP contribution in [-0.2, 0) is 24.0 Å². The van der Waals surface area contributed by atoms with Gasteiger partial charge < -0.3 is 32.1 Å². The highest BCUT2D eigenvalue weighted by atomic mass is 32.1. The van der Waals surface area contributed by atoms with Crippen molar-refractivity contribution in [3.8, 4) is 0 Å². The molecule has 5 unspecified atom stereocenters. The molecule has 1 heterocycles. The predicted molar refractivity (Wildman–Crippen MR) is 116 cm³/mol. The van der Waals surface area contributed by atoms with E-state index in [1.165, 1.54) is 4.90 Å². The van der Waals surface area contributed by atoms with Crippen molar-refractivity contribution in [2.24, 2.45) is 17.4 Å². The van der Waals surface area contributed by atoms with E-state index >= 15 is 0 Å². The van der Waals surface area contributed by atoms with E-state index in [2.05, 4.69) is 23.3 Å². The number of hydrogen-bond acceptors (Lipinski definition) is 7. The number of nitrogens with two attached hydrogens (primary N) is 2. The molecule has 1 aliphatic rings. The topological polar surface area (TPSA) is 185 Å². The van der Waals surface area contributed by atoms with Crippen LogP contribution in [0.25, 0.3) is 0 Å². The number of carbonyl (C=O) groups is 5. The number of nitrogens with zero attached hydrogens (tertiary/aromatic N) is 1. The first-order valence-electron chi connectivity index (χ1n) is 10.3. The number of aliphatic carboxylic acids is 1. The molecule has 12 heteroatoms. The minimum Gasteiger partial charge on any atom is -0.480 e. The lowest BCUT2D eigenvalue weighted by molar-refractivity contribution is -0.149. The summed E-state index contributed by atoms with van der Waals surface area (Å²) in [6.07, 6.45) is 1.29. The normalized spacial score (nSPS) is 19.7. The van der Waals surface area contributed by atoms with Crippen LogP contribution >= 0.6 is 12.6 Å². The third kappa shape index (κ3) is 7.69. The summed E-state index contributed by atoms with van der Waals surface area (Å²) in [6, 6.07) is -4.03. The van der Waals surface area contributed by atoms with E-state index in [9.17, 15) is 29.1 Å². The van der Waals surface area contributed by atoms with Crippen molar-refractivity contribution >= 4 is 42.2 Å². The Morgan fingerprint density at radius 1 is 1.16 bits per heavy atom. The van der Waals surface area contributed by atoms with E-state index in [0.29, 0.717) is 19.3 Å². The third-order valence-electron chi connectivity index (χ3n) is 5.49. The van der Waals surface area contributed by atoms with Gasteiger partial charge in [-0.25, -0.2) is 4.79 Å². The van der Waals surface area contributed by atoms with Crippen LogP contribution in [0.4, 0.5) is 0 Å². The molecule has 176 valence electrons. The zero-order valence-electron chi connectivity index (χ0n) is 17.9. The summed E-state index contributed by atoms with van der Waals surface area (Å²) in [7, 11) is 0. The van der Waals surface area contributed by atoms with Crippen LogP contribution in [0.2, 0.25) is 0 Å². The zero-order valence-corrected chi connectivity index (χ0v) is 18.8. The van der Waals surface area contributed by atoms with E-state index in [4.69, 9.17) is 11.5 Å². The molecule has 11 nitrogen and oxygen atoms in total. The monoisotopic (exact) mass is 459 g/mol. The molecule has 1 aliphatic heterocycles. The minimum atomic E-state index is -1.14.